The van der Waals surface area contributed by atoms with Crippen LogP contribution in [0.5, 0.6) is 5.75 Å². The van der Waals surface area contributed by atoms with Gasteiger partial charge in [-0.1, -0.05) is 42.3 Å². The van der Waals surface area contributed by atoms with E-state index in [4.69, 9.17) is 16.3 Å². The number of amides is 1. The second-order valence-electron chi connectivity index (χ2n) is 8.01. The average molecular weight is 384 g/mol. The summed E-state index contributed by atoms with van der Waals surface area (Å²) in [6.45, 7) is 2.56. The van der Waals surface area contributed by atoms with Crippen LogP contribution in [0.4, 0.5) is 0 Å². The van der Waals surface area contributed by atoms with Crippen LogP contribution in [-0.4, -0.2) is 11.9 Å². The average Bonchev–Trinajstić information content (AvgIpc) is 3.31. The van der Waals surface area contributed by atoms with Crippen molar-refractivity contribution in [3.05, 3.63) is 64.7 Å². The fraction of sp³-hybridized carbons (Fsp3) is 0.435. The van der Waals surface area contributed by atoms with Gasteiger partial charge in [0.1, 0.15) is 12.4 Å². The largest absolute Gasteiger partial charge is 0.488 e. The lowest BCUT2D eigenvalue weighted by atomic mass is 9.84. The molecule has 0 unspecified atom stereocenters. The second-order valence-corrected chi connectivity index (χ2v) is 8.45. The summed E-state index contributed by atoms with van der Waals surface area (Å²) in [6.07, 6.45) is 5.33. The number of rotatable bonds is 6. The molecule has 0 heterocycles. The number of ether oxygens (including phenoxy) is 1. The Morgan fingerprint density at radius 3 is 2.63 bits per heavy atom. The molecule has 0 aliphatic heterocycles. The first-order valence-corrected chi connectivity index (χ1v) is 10.2. The van der Waals surface area contributed by atoms with Gasteiger partial charge >= 0.3 is 0 Å². The number of fused-ring (bicyclic) bond motifs is 2. The molecular formula is C23H26ClNO2. The van der Waals surface area contributed by atoms with Crippen LogP contribution in [0.3, 0.4) is 0 Å². The van der Waals surface area contributed by atoms with Crippen LogP contribution in [0.25, 0.3) is 0 Å². The second kappa shape index (κ2) is 7.93. The van der Waals surface area contributed by atoms with Gasteiger partial charge < -0.3 is 10.1 Å². The van der Waals surface area contributed by atoms with Gasteiger partial charge in [-0.2, -0.15) is 0 Å². The lowest BCUT2D eigenvalue weighted by Crippen LogP contribution is -2.40. The fourth-order valence-corrected chi connectivity index (χ4v) is 4.95. The highest BCUT2D eigenvalue weighted by molar-refractivity contribution is 6.30. The normalized spacial score (nSPS) is 24.6. The predicted molar refractivity (Wildman–Crippen MR) is 108 cm³/mol. The number of benzene rings is 2. The van der Waals surface area contributed by atoms with Crippen molar-refractivity contribution in [1.82, 2.24) is 5.32 Å². The van der Waals surface area contributed by atoms with Crippen molar-refractivity contribution in [3.8, 4) is 5.75 Å². The third-order valence-corrected chi connectivity index (χ3v) is 6.49. The Balaban J connectivity index is 1.40. The minimum Gasteiger partial charge on any atom is -0.488 e. The molecule has 27 heavy (non-hydrogen) atoms. The van der Waals surface area contributed by atoms with E-state index in [2.05, 4.69) is 12.2 Å². The molecule has 1 N–H and O–H groups in total. The van der Waals surface area contributed by atoms with E-state index in [1.807, 2.05) is 48.5 Å². The molecule has 2 aliphatic carbocycles. The van der Waals surface area contributed by atoms with Gasteiger partial charge in [-0.05, 0) is 73.8 Å². The summed E-state index contributed by atoms with van der Waals surface area (Å²) in [6, 6.07) is 15.2. The third-order valence-electron chi connectivity index (χ3n) is 6.23. The van der Waals surface area contributed by atoms with Gasteiger partial charge in [0.25, 0.3) is 5.91 Å². The molecule has 1 amide bonds. The first kappa shape index (κ1) is 18.4. The SMILES string of the molecule is C[C@H](NC(=O)c1ccccc1OCc1ccc(Cl)cc1)[C@@H]1C[C@H]2CC[C@H]1C2. The monoisotopic (exact) mass is 383 g/mol. The summed E-state index contributed by atoms with van der Waals surface area (Å²) in [5.41, 5.74) is 1.62. The summed E-state index contributed by atoms with van der Waals surface area (Å²) in [4.78, 5) is 12.9. The zero-order chi connectivity index (χ0) is 18.8. The molecule has 142 valence electrons. The van der Waals surface area contributed by atoms with Gasteiger partial charge in [-0.3, -0.25) is 4.79 Å². The van der Waals surface area contributed by atoms with Crippen molar-refractivity contribution in [2.24, 2.45) is 17.8 Å². The molecule has 0 aromatic heterocycles. The molecule has 0 saturated heterocycles. The van der Waals surface area contributed by atoms with Crippen molar-refractivity contribution >= 4 is 17.5 Å². The molecule has 2 aromatic carbocycles. The van der Waals surface area contributed by atoms with E-state index in [1.54, 1.807) is 0 Å². The molecule has 4 heteroatoms. The fourth-order valence-electron chi connectivity index (χ4n) is 4.82. The number of carbonyl (C=O) groups is 1. The lowest BCUT2D eigenvalue weighted by molar-refractivity contribution is 0.0910. The van der Waals surface area contributed by atoms with Crippen molar-refractivity contribution in [2.45, 2.75) is 45.3 Å². The Bertz CT molecular complexity index is 804. The Morgan fingerprint density at radius 2 is 1.93 bits per heavy atom. The van der Waals surface area contributed by atoms with Gasteiger partial charge in [0, 0.05) is 11.1 Å². The predicted octanol–water partition coefficient (Wildman–Crippen LogP) is 5.47. The first-order chi connectivity index (χ1) is 13.1. The molecule has 0 spiro atoms. The number of halogens is 1. The molecule has 4 atom stereocenters. The number of hydrogen-bond donors (Lipinski definition) is 1. The zero-order valence-electron chi connectivity index (χ0n) is 15.7. The Morgan fingerprint density at radius 1 is 1.15 bits per heavy atom. The van der Waals surface area contributed by atoms with Crippen LogP contribution in [0, 0.1) is 17.8 Å². The van der Waals surface area contributed by atoms with Gasteiger partial charge in [-0.25, -0.2) is 0 Å². The highest BCUT2D eigenvalue weighted by Gasteiger charge is 2.42. The van der Waals surface area contributed by atoms with E-state index in [0.717, 1.165) is 17.4 Å². The summed E-state index contributed by atoms with van der Waals surface area (Å²) in [5.74, 6) is 2.87. The van der Waals surface area contributed by atoms with Crippen molar-refractivity contribution in [2.75, 3.05) is 0 Å². The van der Waals surface area contributed by atoms with Crippen LogP contribution in [-0.2, 0) is 6.61 Å². The van der Waals surface area contributed by atoms with Crippen molar-refractivity contribution in [3.63, 3.8) is 0 Å². The topological polar surface area (TPSA) is 38.3 Å². The molecule has 2 aliphatic rings. The van der Waals surface area contributed by atoms with Crippen LogP contribution in [0.2, 0.25) is 5.02 Å². The molecule has 2 bridgehead atoms. The van der Waals surface area contributed by atoms with Gasteiger partial charge in [0.05, 0.1) is 5.56 Å². The molecule has 2 aromatic rings. The molecule has 0 radical (unpaired) electrons. The van der Waals surface area contributed by atoms with Crippen LogP contribution >= 0.6 is 11.6 Å². The highest BCUT2D eigenvalue weighted by atomic mass is 35.5. The maximum Gasteiger partial charge on any atom is 0.255 e. The Kier molecular flexibility index (Phi) is 5.40. The maximum absolute atomic E-state index is 12.9. The summed E-state index contributed by atoms with van der Waals surface area (Å²) >= 11 is 5.93. The van der Waals surface area contributed by atoms with Crippen LogP contribution < -0.4 is 10.1 Å². The molecule has 4 rings (SSSR count). The summed E-state index contributed by atoms with van der Waals surface area (Å²) < 4.78 is 5.94. The quantitative estimate of drug-likeness (QED) is 0.717. The molecule has 3 nitrogen and oxygen atoms in total. The maximum atomic E-state index is 12.9. The molecule has 2 saturated carbocycles. The minimum atomic E-state index is -0.0445. The third kappa shape index (κ3) is 4.14. The Hall–Kier alpha value is -2.00. The van der Waals surface area contributed by atoms with Crippen LogP contribution in [0.15, 0.2) is 48.5 Å². The van der Waals surface area contributed by atoms with E-state index in [0.29, 0.717) is 28.9 Å². The van der Waals surface area contributed by atoms with E-state index in [1.165, 1.54) is 25.7 Å². The van der Waals surface area contributed by atoms with E-state index >= 15 is 0 Å². The van der Waals surface area contributed by atoms with E-state index < -0.39 is 0 Å². The van der Waals surface area contributed by atoms with E-state index in [-0.39, 0.29) is 11.9 Å². The number of carbonyl (C=O) groups excluding carboxylic acids is 1. The zero-order valence-corrected chi connectivity index (χ0v) is 16.4. The van der Waals surface area contributed by atoms with Crippen molar-refractivity contribution in [1.29, 1.82) is 0 Å². The molecule has 2 fully saturated rings. The number of hydrogen-bond acceptors (Lipinski definition) is 2. The number of nitrogens with one attached hydrogen (secondary N) is 1. The smallest absolute Gasteiger partial charge is 0.255 e. The van der Waals surface area contributed by atoms with Gasteiger partial charge in [-0.15, -0.1) is 0 Å². The number of para-hydroxylation sites is 1. The Labute approximate surface area is 166 Å². The molecular weight excluding hydrogens is 358 g/mol. The summed E-state index contributed by atoms with van der Waals surface area (Å²) in [5, 5.41) is 3.93. The standard InChI is InChI=1S/C23H26ClNO2/c1-15(21-13-17-6-9-18(21)12-17)25-23(26)20-4-2-3-5-22(20)27-14-16-7-10-19(24)11-8-16/h2-5,7-8,10-11,15,17-18,21H,6,9,12-14H2,1H3,(H,25,26)/t15-,17-,18-,21-/m0/s1. The van der Waals surface area contributed by atoms with Gasteiger partial charge in [0.2, 0.25) is 0 Å². The van der Waals surface area contributed by atoms with E-state index in [9.17, 15) is 4.79 Å². The first-order valence-electron chi connectivity index (χ1n) is 9.87. The van der Waals surface area contributed by atoms with Crippen molar-refractivity contribution < 1.29 is 9.53 Å². The van der Waals surface area contributed by atoms with Crippen LogP contribution in [0.1, 0.15) is 48.5 Å². The summed E-state index contributed by atoms with van der Waals surface area (Å²) in [7, 11) is 0. The van der Waals surface area contributed by atoms with Gasteiger partial charge in [0.15, 0.2) is 0 Å². The highest BCUT2D eigenvalue weighted by Crippen LogP contribution is 2.49. The minimum absolute atomic E-state index is 0.0445. The lowest BCUT2D eigenvalue weighted by Gasteiger charge is -2.28.